The van der Waals surface area contributed by atoms with Gasteiger partial charge in [0.2, 0.25) is 5.88 Å². The first-order chi connectivity index (χ1) is 16.9. The molecular weight excluding hydrogens is 506 g/mol. The van der Waals surface area contributed by atoms with Gasteiger partial charge in [-0.1, -0.05) is 48.5 Å². The fourth-order valence-corrected chi connectivity index (χ4v) is 3.82. The van der Waals surface area contributed by atoms with Gasteiger partial charge in [-0.3, -0.25) is 0 Å². The first-order valence-corrected chi connectivity index (χ1v) is 11.3. The Bertz CT molecular complexity index is 1160. The first kappa shape index (κ1) is 27.4. The summed E-state index contributed by atoms with van der Waals surface area (Å²) in [5.41, 5.74) is -0.231. The van der Waals surface area contributed by atoms with Crippen molar-refractivity contribution >= 4 is 11.6 Å². The molecule has 0 saturated carbocycles. The quantitative estimate of drug-likeness (QED) is 0.159. The molecule has 0 amide bonds. The van der Waals surface area contributed by atoms with Gasteiger partial charge in [-0.05, 0) is 60.5 Å². The second-order valence-corrected chi connectivity index (χ2v) is 8.45. The third kappa shape index (κ3) is 7.16. The monoisotopic (exact) mass is 528 g/mol. The zero-order chi connectivity index (χ0) is 26.5. The van der Waals surface area contributed by atoms with Gasteiger partial charge in [0.1, 0.15) is 5.15 Å². The Kier molecular flexibility index (Phi) is 8.55. The van der Waals surface area contributed by atoms with E-state index >= 15 is 0 Å². The Hall–Kier alpha value is -3.20. The van der Waals surface area contributed by atoms with E-state index < -0.39 is 23.5 Å². The number of alkyl halides is 6. The van der Waals surface area contributed by atoms with Crippen LogP contribution in [0.25, 0.3) is 11.1 Å². The van der Waals surface area contributed by atoms with Gasteiger partial charge in [-0.15, -0.1) is 0 Å². The number of rotatable bonds is 9. The minimum absolute atomic E-state index is 0.111. The average molecular weight is 529 g/mol. The molecule has 1 heterocycles. The van der Waals surface area contributed by atoms with E-state index in [4.69, 9.17) is 16.3 Å². The van der Waals surface area contributed by atoms with Crippen LogP contribution in [0.1, 0.15) is 28.7 Å². The van der Waals surface area contributed by atoms with Gasteiger partial charge >= 0.3 is 12.4 Å². The average Bonchev–Trinajstić information content (AvgIpc) is 2.82. The largest absolute Gasteiger partial charge is 0.477 e. The molecular formula is C26H23ClF6N2O. The highest BCUT2D eigenvalue weighted by atomic mass is 35.5. The van der Waals surface area contributed by atoms with E-state index in [1.165, 1.54) is 11.1 Å². The van der Waals surface area contributed by atoms with Gasteiger partial charge in [0.25, 0.3) is 0 Å². The molecule has 0 N–H and O–H groups in total. The van der Waals surface area contributed by atoms with Crippen LogP contribution >= 0.6 is 11.6 Å². The molecule has 36 heavy (non-hydrogen) atoms. The number of hydrogen-bond donors (Lipinski definition) is 0. The molecule has 0 aliphatic carbocycles. The number of aromatic nitrogens is 1. The molecule has 3 aromatic rings. The lowest BCUT2D eigenvalue weighted by molar-refractivity contribution is -0.143. The molecule has 0 spiro atoms. The van der Waals surface area contributed by atoms with Crippen molar-refractivity contribution in [1.29, 1.82) is 0 Å². The molecule has 0 fully saturated rings. The highest BCUT2D eigenvalue weighted by molar-refractivity contribution is 6.29. The predicted octanol–water partition coefficient (Wildman–Crippen LogP) is 8.16. The Morgan fingerprint density at radius 3 is 2.14 bits per heavy atom. The number of pyridine rings is 1. The van der Waals surface area contributed by atoms with Gasteiger partial charge in [0.15, 0.2) is 0 Å². The Morgan fingerprint density at radius 2 is 1.58 bits per heavy atom. The summed E-state index contributed by atoms with van der Waals surface area (Å²) in [6.07, 6.45) is -8.03. The summed E-state index contributed by atoms with van der Waals surface area (Å²) >= 11 is 6.16. The topological polar surface area (TPSA) is 25.4 Å². The Morgan fingerprint density at radius 1 is 0.972 bits per heavy atom. The predicted molar refractivity (Wildman–Crippen MR) is 127 cm³/mol. The number of ether oxygens (including phenoxy) is 1. The third-order valence-corrected chi connectivity index (χ3v) is 5.59. The molecule has 2 aromatic carbocycles. The van der Waals surface area contributed by atoms with Crippen LogP contribution in [0.2, 0.25) is 5.15 Å². The number of hydrogen-bond acceptors (Lipinski definition) is 3. The second-order valence-electron chi connectivity index (χ2n) is 8.06. The summed E-state index contributed by atoms with van der Waals surface area (Å²) in [5, 5.41) is 0.257. The molecule has 0 aliphatic heterocycles. The zero-order valence-corrected chi connectivity index (χ0v) is 20.0. The normalized spacial score (nSPS) is 11.9. The van der Waals surface area contributed by atoms with Crippen LogP contribution in [0.4, 0.5) is 26.3 Å². The molecule has 0 bridgehead atoms. The van der Waals surface area contributed by atoms with E-state index in [1.807, 2.05) is 37.3 Å². The van der Waals surface area contributed by atoms with Crippen LogP contribution in [-0.4, -0.2) is 23.0 Å². The summed E-state index contributed by atoms with van der Waals surface area (Å²) in [5.74, 6) is 0.346. The van der Waals surface area contributed by atoms with Crippen molar-refractivity contribution in [1.82, 2.24) is 9.88 Å². The molecule has 0 aliphatic rings. The lowest BCUT2D eigenvalue weighted by Crippen LogP contribution is -2.21. The van der Waals surface area contributed by atoms with Gasteiger partial charge in [0, 0.05) is 18.7 Å². The molecule has 1 aromatic heterocycles. The SMILES string of the molecule is C=CN(CCCOc1nc(Cl)cc(-c2ccccc2)c1C)Cc1cc(C(F)(F)F)cc(C(F)(F)F)c1. The van der Waals surface area contributed by atoms with E-state index in [2.05, 4.69) is 11.6 Å². The van der Waals surface area contributed by atoms with Gasteiger partial charge < -0.3 is 9.64 Å². The van der Waals surface area contributed by atoms with Crippen molar-refractivity contribution in [2.45, 2.75) is 32.2 Å². The summed E-state index contributed by atoms with van der Waals surface area (Å²) in [4.78, 5) is 5.75. The fraction of sp³-hybridized carbons (Fsp3) is 0.269. The van der Waals surface area contributed by atoms with E-state index in [0.29, 0.717) is 24.4 Å². The number of nitrogens with zero attached hydrogens (tertiary/aromatic N) is 2. The van der Waals surface area contributed by atoms with Crippen molar-refractivity contribution in [2.24, 2.45) is 0 Å². The molecule has 0 radical (unpaired) electrons. The molecule has 3 rings (SSSR count). The molecule has 0 saturated heterocycles. The zero-order valence-electron chi connectivity index (χ0n) is 19.3. The maximum Gasteiger partial charge on any atom is 0.416 e. The first-order valence-electron chi connectivity index (χ1n) is 10.9. The maximum absolute atomic E-state index is 13.1. The van der Waals surface area contributed by atoms with Gasteiger partial charge in [0.05, 0.1) is 17.7 Å². The van der Waals surface area contributed by atoms with Crippen LogP contribution in [0.5, 0.6) is 5.88 Å². The smallest absolute Gasteiger partial charge is 0.416 e. The van der Waals surface area contributed by atoms with Crippen molar-refractivity contribution in [3.63, 3.8) is 0 Å². The second kappa shape index (κ2) is 11.2. The summed E-state index contributed by atoms with van der Waals surface area (Å²) in [6.45, 7) is 5.77. The van der Waals surface area contributed by atoms with Gasteiger partial charge in [-0.2, -0.15) is 26.3 Å². The Labute approximate surface area is 210 Å². The van der Waals surface area contributed by atoms with Crippen molar-refractivity contribution in [3.8, 4) is 17.0 Å². The molecule has 3 nitrogen and oxygen atoms in total. The van der Waals surface area contributed by atoms with E-state index in [1.54, 1.807) is 6.07 Å². The minimum atomic E-state index is -4.90. The Balaban J connectivity index is 1.66. The highest BCUT2D eigenvalue weighted by Gasteiger charge is 2.36. The van der Waals surface area contributed by atoms with Crippen LogP contribution in [0.15, 0.2) is 67.4 Å². The van der Waals surface area contributed by atoms with E-state index in [9.17, 15) is 26.3 Å². The van der Waals surface area contributed by atoms with Crippen molar-refractivity contribution in [2.75, 3.05) is 13.2 Å². The molecule has 192 valence electrons. The van der Waals surface area contributed by atoms with Crippen LogP contribution in [0.3, 0.4) is 0 Å². The van der Waals surface area contributed by atoms with Crippen molar-refractivity contribution < 1.29 is 31.1 Å². The standard InChI is InChI=1S/C26H23ClF6N2O/c1-3-35(16-18-12-20(25(28,29)30)14-21(13-18)26(31,32)33)10-7-11-36-24-17(2)22(15-23(27)34-24)19-8-5-4-6-9-19/h3-6,8-9,12-15H,1,7,10-11,16H2,2H3. The van der Waals surface area contributed by atoms with E-state index in [-0.39, 0.29) is 36.5 Å². The molecule has 0 unspecified atom stereocenters. The molecule has 10 heteroatoms. The molecule has 0 atom stereocenters. The van der Waals surface area contributed by atoms with Crippen LogP contribution in [0, 0.1) is 6.92 Å². The van der Waals surface area contributed by atoms with Crippen LogP contribution < -0.4 is 4.74 Å². The van der Waals surface area contributed by atoms with E-state index in [0.717, 1.165) is 16.7 Å². The highest BCUT2D eigenvalue weighted by Crippen LogP contribution is 2.36. The minimum Gasteiger partial charge on any atom is -0.477 e. The van der Waals surface area contributed by atoms with Gasteiger partial charge in [-0.25, -0.2) is 4.98 Å². The fourth-order valence-electron chi connectivity index (χ4n) is 3.63. The summed E-state index contributed by atoms with van der Waals surface area (Å²) in [6, 6.07) is 12.8. The summed E-state index contributed by atoms with van der Waals surface area (Å²) in [7, 11) is 0. The third-order valence-electron chi connectivity index (χ3n) is 5.40. The van der Waals surface area contributed by atoms with Crippen molar-refractivity contribution in [3.05, 3.63) is 94.8 Å². The maximum atomic E-state index is 13.1. The summed E-state index contributed by atoms with van der Waals surface area (Å²) < 4.78 is 84.6. The van der Waals surface area contributed by atoms with Crippen LogP contribution in [-0.2, 0) is 18.9 Å². The lowest BCUT2D eigenvalue weighted by atomic mass is 10.0. The number of halogens is 7. The lowest BCUT2D eigenvalue weighted by Gasteiger charge is -2.22. The number of benzene rings is 2.